The quantitative estimate of drug-likeness (QED) is 0.929. The van der Waals surface area contributed by atoms with Crippen LogP contribution in [0.3, 0.4) is 0 Å². The third-order valence-corrected chi connectivity index (χ3v) is 3.85. The molecule has 100 valence electrons. The van der Waals surface area contributed by atoms with E-state index in [0.29, 0.717) is 23.6 Å². The standard InChI is InChI=1S/C13H13BrClN3O/c1-18-7-5-10(17-18)4-6-16-13(19)9-2-3-11(14)12(15)8-9/h2-3,5,7-8H,4,6H2,1H3,(H,16,19). The lowest BCUT2D eigenvalue weighted by atomic mass is 10.2. The van der Waals surface area contributed by atoms with Gasteiger partial charge in [0.2, 0.25) is 0 Å². The summed E-state index contributed by atoms with van der Waals surface area (Å²) in [7, 11) is 1.87. The number of nitrogens with zero attached hydrogens (tertiary/aromatic N) is 2. The molecule has 0 radical (unpaired) electrons. The first-order chi connectivity index (χ1) is 9.06. The molecule has 0 unspecified atom stereocenters. The van der Waals surface area contributed by atoms with Gasteiger partial charge >= 0.3 is 0 Å². The molecule has 1 aromatic carbocycles. The van der Waals surface area contributed by atoms with Crippen molar-refractivity contribution < 1.29 is 4.79 Å². The number of halogens is 2. The topological polar surface area (TPSA) is 46.9 Å². The maximum Gasteiger partial charge on any atom is 0.251 e. The van der Waals surface area contributed by atoms with Gasteiger partial charge in [-0.2, -0.15) is 5.10 Å². The summed E-state index contributed by atoms with van der Waals surface area (Å²) < 4.78 is 2.52. The third-order valence-electron chi connectivity index (χ3n) is 2.62. The molecule has 0 aliphatic rings. The fraction of sp³-hybridized carbons (Fsp3) is 0.231. The lowest BCUT2D eigenvalue weighted by Gasteiger charge is -2.05. The van der Waals surface area contributed by atoms with E-state index in [4.69, 9.17) is 11.6 Å². The lowest BCUT2D eigenvalue weighted by Crippen LogP contribution is -2.25. The molecule has 0 bridgehead atoms. The molecule has 1 heterocycles. The highest BCUT2D eigenvalue weighted by Crippen LogP contribution is 2.23. The number of aromatic nitrogens is 2. The Morgan fingerprint density at radius 1 is 1.47 bits per heavy atom. The Kier molecular flexibility index (Phi) is 4.61. The van der Waals surface area contributed by atoms with Crippen molar-refractivity contribution in [3.63, 3.8) is 0 Å². The molecule has 2 aromatic rings. The van der Waals surface area contributed by atoms with E-state index in [0.717, 1.165) is 10.2 Å². The SMILES string of the molecule is Cn1ccc(CCNC(=O)c2ccc(Br)c(Cl)c2)n1. The molecular weight excluding hydrogens is 330 g/mol. The summed E-state index contributed by atoms with van der Waals surface area (Å²) >= 11 is 9.24. The predicted octanol–water partition coefficient (Wildman–Crippen LogP) is 2.81. The molecule has 0 atom stereocenters. The maximum absolute atomic E-state index is 11.9. The van der Waals surface area contributed by atoms with Crippen LogP contribution in [-0.4, -0.2) is 22.2 Å². The number of nitrogens with one attached hydrogen (secondary N) is 1. The van der Waals surface area contributed by atoms with E-state index in [1.165, 1.54) is 0 Å². The summed E-state index contributed by atoms with van der Waals surface area (Å²) in [5.41, 5.74) is 1.51. The van der Waals surface area contributed by atoms with E-state index < -0.39 is 0 Å². The van der Waals surface area contributed by atoms with Crippen molar-refractivity contribution in [3.05, 3.63) is 51.2 Å². The number of hydrogen-bond donors (Lipinski definition) is 1. The van der Waals surface area contributed by atoms with Crippen LogP contribution < -0.4 is 5.32 Å². The Balaban J connectivity index is 1.89. The molecule has 6 heteroatoms. The van der Waals surface area contributed by atoms with Gasteiger partial charge in [0, 0.05) is 36.2 Å². The summed E-state index contributed by atoms with van der Waals surface area (Å²) in [6, 6.07) is 7.06. The molecule has 0 aliphatic heterocycles. The molecule has 1 aromatic heterocycles. The predicted molar refractivity (Wildman–Crippen MR) is 78.4 cm³/mol. The van der Waals surface area contributed by atoms with E-state index in [2.05, 4.69) is 26.3 Å². The zero-order valence-corrected chi connectivity index (χ0v) is 12.7. The van der Waals surface area contributed by atoms with E-state index in [-0.39, 0.29) is 5.91 Å². The Morgan fingerprint density at radius 2 is 2.26 bits per heavy atom. The number of hydrogen-bond acceptors (Lipinski definition) is 2. The van der Waals surface area contributed by atoms with Gasteiger partial charge in [-0.15, -0.1) is 0 Å². The molecule has 0 saturated heterocycles. The highest BCUT2D eigenvalue weighted by atomic mass is 79.9. The number of benzene rings is 1. The average Bonchev–Trinajstić information content (AvgIpc) is 2.78. The normalized spacial score (nSPS) is 10.5. The Hall–Kier alpha value is -1.33. The van der Waals surface area contributed by atoms with Crippen molar-refractivity contribution in [2.45, 2.75) is 6.42 Å². The molecule has 0 aliphatic carbocycles. The van der Waals surface area contributed by atoms with Crippen molar-refractivity contribution in [2.75, 3.05) is 6.54 Å². The van der Waals surface area contributed by atoms with Crippen molar-refractivity contribution >= 4 is 33.4 Å². The van der Waals surface area contributed by atoms with Crippen LogP contribution in [0.5, 0.6) is 0 Å². The van der Waals surface area contributed by atoms with E-state index in [1.807, 2.05) is 19.3 Å². The van der Waals surface area contributed by atoms with Crippen LogP contribution in [0, 0.1) is 0 Å². The minimum absolute atomic E-state index is 0.134. The van der Waals surface area contributed by atoms with E-state index >= 15 is 0 Å². The largest absolute Gasteiger partial charge is 0.352 e. The van der Waals surface area contributed by atoms with Crippen LogP contribution in [0.4, 0.5) is 0 Å². The van der Waals surface area contributed by atoms with Gasteiger partial charge < -0.3 is 5.32 Å². The molecule has 0 saturated carbocycles. The zero-order valence-electron chi connectivity index (χ0n) is 10.4. The number of amides is 1. The van der Waals surface area contributed by atoms with Gasteiger partial charge in [0.1, 0.15) is 0 Å². The van der Waals surface area contributed by atoms with E-state index in [9.17, 15) is 4.79 Å². The highest BCUT2D eigenvalue weighted by molar-refractivity contribution is 9.10. The van der Waals surface area contributed by atoms with Gasteiger partial charge in [0.25, 0.3) is 5.91 Å². The fourth-order valence-corrected chi connectivity index (χ4v) is 2.07. The monoisotopic (exact) mass is 341 g/mol. The van der Waals surface area contributed by atoms with Crippen LogP contribution in [0.2, 0.25) is 5.02 Å². The summed E-state index contributed by atoms with van der Waals surface area (Å²) in [5, 5.41) is 7.61. The van der Waals surface area contributed by atoms with Crippen LogP contribution in [0.15, 0.2) is 34.9 Å². The molecule has 0 fully saturated rings. The summed E-state index contributed by atoms with van der Waals surface area (Å²) in [6.45, 7) is 0.545. The van der Waals surface area contributed by atoms with E-state index in [1.54, 1.807) is 22.9 Å². The van der Waals surface area contributed by atoms with Gasteiger partial charge in [-0.25, -0.2) is 0 Å². The molecule has 0 spiro atoms. The molecule has 4 nitrogen and oxygen atoms in total. The molecule has 1 N–H and O–H groups in total. The number of rotatable bonds is 4. The van der Waals surface area contributed by atoms with Gasteiger partial charge in [0.05, 0.1) is 10.7 Å². The fourth-order valence-electron chi connectivity index (χ4n) is 1.64. The molecular formula is C13H13BrClN3O. The van der Waals surface area contributed by atoms with Crippen LogP contribution in [-0.2, 0) is 13.5 Å². The molecule has 2 rings (SSSR count). The maximum atomic E-state index is 11.9. The van der Waals surface area contributed by atoms with Gasteiger partial charge in [-0.05, 0) is 40.2 Å². The lowest BCUT2D eigenvalue weighted by molar-refractivity contribution is 0.0954. The van der Waals surface area contributed by atoms with Gasteiger partial charge in [-0.1, -0.05) is 11.6 Å². The minimum Gasteiger partial charge on any atom is -0.352 e. The first kappa shape index (κ1) is 14.1. The first-order valence-electron chi connectivity index (χ1n) is 5.78. The van der Waals surface area contributed by atoms with Crippen LogP contribution in [0.1, 0.15) is 16.1 Å². The van der Waals surface area contributed by atoms with Crippen molar-refractivity contribution in [1.29, 1.82) is 0 Å². The molecule has 1 amide bonds. The smallest absolute Gasteiger partial charge is 0.251 e. The summed E-state index contributed by atoms with van der Waals surface area (Å²) in [5.74, 6) is -0.134. The number of aryl methyl sites for hydroxylation is 1. The Labute approximate surface area is 124 Å². The summed E-state index contributed by atoms with van der Waals surface area (Å²) in [4.78, 5) is 11.9. The first-order valence-corrected chi connectivity index (χ1v) is 6.95. The molecule has 19 heavy (non-hydrogen) atoms. The second-order valence-electron chi connectivity index (χ2n) is 4.12. The average molecular weight is 343 g/mol. The van der Waals surface area contributed by atoms with Crippen LogP contribution >= 0.6 is 27.5 Å². The van der Waals surface area contributed by atoms with Gasteiger partial charge in [0.15, 0.2) is 0 Å². The Bertz CT molecular complexity index is 597. The van der Waals surface area contributed by atoms with Crippen molar-refractivity contribution in [3.8, 4) is 0 Å². The second kappa shape index (κ2) is 6.21. The zero-order chi connectivity index (χ0) is 13.8. The van der Waals surface area contributed by atoms with Crippen molar-refractivity contribution in [2.24, 2.45) is 7.05 Å². The summed E-state index contributed by atoms with van der Waals surface area (Å²) in [6.07, 6.45) is 2.59. The van der Waals surface area contributed by atoms with Crippen molar-refractivity contribution in [1.82, 2.24) is 15.1 Å². The van der Waals surface area contributed by atoms with Crippen LogP contribution in [0.25, 0.3) is 0 Å². The number of carbonyl (C=O) groups is 1. The Morgan fingerprint density at radius 3 is 2.89 bits per heavy atom. The minimum atomic E-state index is -0.134. The van der Waals surface area contributed by atoms with Gasteiger partial charge in [-0.3, -0.25) is 9.48 Å². The third kappa shape index (κ3) is 3.81. The number of carbonyl (C=O) groups excluding carboxylic acids is 1. The second-order valence-corrected chi connectivity index (χ2v) is 5.38. The highest BCUT2D eigenvalue weighted by Gasteiger charge is 2.07.